The van der Waals surface area contributed by atoms with Crippen LogP contribution in [0.25, 0.3) is 10.9 Å². The standard InChI is InChI=1S/C18H24N4O/c1-12-6-7-16-14(10-12)11-15(17(19)20-13(2)23)18(21-16)22-8-4-3-5-9-22/h6-7,10-11,13,23H,3-5,8-9H2,1-2H3,(H2,19,20). The maximum absolute atomic E-state index is 9.56. The number of fused-ring (bicyclic) bond motifs is 1. The summed E-state index contributed by atoms with van der Waals surface area (Å²) in [6, 6.07) is 8.19. The summed E-state index contributed by atoms with van der Waals surface area (Å²) in [5.41, 5.74) is 2.88. The van der Waals surface area contributed by atoms with E-state index in [1.807, 2.05) is 12.1 Å². The summed E-state index contributed by atoms with van der Waals surface area (Å²) in [6.45, 7) is 5.61. The fraction of sp³-hybridized carbons (Fsp3) is 0.444. The third kappa shape index (κ3) is 3.45. The van der Waals surface area contributed by atoms with Gasteiger partial charge in [-0.1, -0.05) is 11.6 Å². The molecular weight excluding hydrogens is 288 g/mol. The molecule has 1 unspecified atom stereocenters. The quantitative estimate of drug-likeness (QED) is 0.463. The molecule has 2 aromatic rings. The Labute approximate surface area is 136 Å². The molecule has 0 bridgehead atoms. The number of amidine groups is 1. The van der Waals surface area contributed by atoms with Crippen LogP contribution in [0.5, 0.6) is 0 Å². The number of aryl methyl sites for hydroxylation is 1. The molecule has 0 amide bonds. The van der Waals surface area contributed by atoms with Crippen molar-refractivity contribution < 1.29 is 5.11 Å². The number of piperidine rings is 1. The first-order chi connectivity index (χ1) is 11.0. The minimum Gasteiger partial charge on any atom is -0.374 e. The van der Waals surface area contributed by atoms with Gasteiger partial charge >= 0.3 is 0 Å². The van der Waals surface area contributed by atoms with Crippen LogP contribution in [0.15, 0.2) is 24.3 Å². The molecule has 5 nitrogen and oxygen atoms in total. The molecule has 1 fully saturated rings. The maximum Gasteiger partial charge on any atom is 0.140 e. The monoisotopic (exact) mass is 312 g/mol. The van der Waals surface area contributed by atoms with E-state index < -0.39 is 6.23 Å². The van der Waals surface area contributed by atoms with E-state index >= 15 is 0 Å². The summed E-state index contributed by atoms with van der Waals surface area (Å²) in [4.78, 5) is 7.09. The van der Waals surface area contributed by atoms with Gasteiger partial charge in [0.2, 0.25) is 0 Å². The van der Waals surface area contributed by atoms with Gasteiger partial charge in [0.05, 0.1) is 11.1 Å². The first-order valence-electron chi connectivity index (χ1n) is 8.24. The third-order valence-electron chi connectivity index (χ3n) is 4.23. The summed E-state index contributed by atoms with van der Waals surface area (Å²) < 4.78 is 0. The number of hydrogen-bond donors (Lipinski definition) is 3. The SMILES string of the molecule is Cc1ccc2nc(N3CCCCC3)c(C(=N)NC(C)O)cc2c1. The Bertz CT molecular complexity index is 720. The van der Waals surface area contributed by atoms with Crippen LogP contribution >= 0.6 is 0 Å². The lowest BCUT2D eigenvalue weighted by Crippen LogP contribution is -2.36. The molecule has 1 aromatic heterocycles. The summed E-state index contributed by atoms with van der Waals surface area (Å²) >= 11 is 0. The van der Waals surface area contributed by atoms with Crippen LogP contribution in [-0.2, 0) is 0 Å². The average Bonchev–Trinajstić information content (AvgIpc) is 2.53. The van der Waals surface area contributed by atoms with Crippen LogP contribution in [0.3, 0.4) is 0 Å². The molecule has 2 heterocycles. The molecule has 0 aliphatic carbocycles. The van der Waals surface area contributed by atoms with Gasteiger partial charge in [-0.2, -0.15) is 0 Å². The zero-order valence-electron chi connectivity index (χ0n) is 13.8. The van der Waals surface area contributed by atoms with E-state index in [0.29, 0.717) is 0 Å². The fourth-order valence-electron chi connectivity index (χ4n) is 3.10. The number of benzene rings is 1. The van der Waals surface area contributed by atoms with Crippen molar-refractivity contribution in [2.75, 3.05) is 18.0 Å². The van der Waals surface area contributed by atoms with Crippen molar-refractivity contribution in [2.24, 2.45) is 0 Å². The number of rotatable bonds is 3. The van der Waals surface area contributed by atoms with Crippen molar-refractivity contribution in [3.63, 3.8) is 0 Å². The largest absolute Gasteiger partial charge is 0.374 e. The Hall–Kier alpha value is -2.14. The molecule has 1 aliphatic rings. The summed E-state index contributed by atoms with van der Waals surface area (Å²) in [5, 5.41) is 21.7. The maximum atomic E-state index is 9.56. The van der Waals surface area contributed by atoms with Gasteiger partial charge in [0, 0.05) is 18.5 Å². The van der Waals surface area contributed by atoms with E-state index in [4.69, 9.17) is 10.4 Å². The number of hydrogen-bond acceptors (Lipinski definition) is 4. The fourth-order valence-corrected chi connectivity index (χ4v) is 3.10. The van der Waals surface area contributed by atoms with Crippen LogP contribution in [0.4, 0.5) is 5.82 Å². The van der Waals surface area contributed by atoms with Crippen molar-refractivity contribution in [3.05, 3.63) is 35.4 Å². The molecule has 3 rings (SSSR count). The van der Waals surface area contributed by atoms with Crippen molar-refractivity contribution in [1.82, 2.24) is 10.3 Å². The van der Waals surface area contributed by atoms with Crippen LogP contribution < -0.4 is 10.2 Å². The van der Waals surface area contributed by atoms with E-state index in [0.717, 1.165) is 48.2 Å². The van der Waals surface area contributed by atoms with Gasteiger partial charge in [-0.25, -0.2) is 4.98 Å². The molecule has 23 heavy (non-hydrogen) atoms. The zero-order valence-corrected chi connectivity index (χ0v) is 13.8. The van der Waals surface area contributed by atoms with Gasteiger partial charge in [0.1, 0.15) is 17.9 Å². The Kier molecular flexibility index (Phi) is 4.48. The second-order valence-corrected chi connectivity index (χ2v) is 6.30. The van der Waals surface area contributed by atoms with Crippen molar-refractivity contribution in [3.8, 4) is 0 Å². The van der Waals surface area contributed by atoms with Crippen LogP contribution in [0.1, 0.15) is 37.3 Å². The number of aliphatic hydroxyl groups is 1. The number of nitrogens with zero attached hydrogens (tertiary/aromatic N) is 2. The molecule has 3 N–H and O–H groups in total. The van der Waals surface area contributed by atoms with Gasteiger partial charge in [-0.05, 0) is 51.3 Å². The highest BCUT2D eigenvalue weighted by molar-refractivity contribution is 6.04. The minimum atomic E-state index is -0.759. The molecule has 0 spiro atoms. The first kappa shape index (κ1) is 15.7. The van der Waals surface area contributed by atoms with Gasteiger partial charge in [-0.15, -0.1) is 0 Å². The molecule has 5 heteroatoms. The lowest BCUT2D eigenvalue weighted by atomic mass is 10.1. The number of pyridine rings is 1. The molecule has 1 aromatic carbocycles. The summed E-state index contributed by atoms with van der Waals surface area (Å²) in [5.74, 6) is 1.07. The van der Waals surface area contributed by atoms with E-state index in [1.165, 1.54) is 12.0 Å². The highest BCUT2D eigenvalue weighted by Gasteiger charge is 2.20. The second kappa shape index (κ2) is 6.54. The summed E-state index contributed by atoms with van der Waals surface area (Å²) in [7, 11) is 0. The normalized spacial score (nSPS) is 16.4. The van der Waals surface area contributed by atoms with Gasteiger partial charge in [0.15, 0.2) is 0 Å². The number of anilines is 1. The molecular formula is C18H24N4O. The molecule has 1 atom stereocenters. The predicted molar refractivity (Wildman–Crippen MR) is 94.2 cm³/mol. The highest BCUT2D eigenvalue weighted by atomic mass is 16.3. The predicted octanol–water partition coefficient (Wildman–Crippen LogP) is 2.79. The topological polar surface area (TPSA) is 72.2 Å². The average molecular weight is 312 g/mol. The highest BCUT2D eigenvalue weighted by Crippen LogP contribution is 2.27. The lowest BCUT2D eigenvalue weighted by Gasteiger charge is -2.30. The van der Waals surface area contributed by atoms with Crippen LogP contribution in [0.2, 0.25) is 0 Å². The first-order valence-corrected chi connectivity index (χ1v) is 8.24. The Balaban J connectivity index is 2.09. The molecule has 0 saturated carbocycles. The minimum absolute atomic E-state index is 0.219. The molecule has 1 saturated heterocycles. The molecule has 1 aliphatic heterocycles. The van der Waals surface area contributed by atoms with Crippen molar-refractivity contribution in [1.29, 1.82) is 5.41 Å². The molecule has 122 valence electrons. The van der Waals surface area contributed by atoms with Crippen molar-refractivity contribution in [2.45, 2.75) is 39.3 Å². The Morgan fingerprint density at radius 3 is 2.70 bits per heavy atom. The second-order valence-electron chi connectivity index (χ2n) is 6.30. The number of nitrogens with one attached hydrogen (secondary N) is 2. The third-order valence-corrected chi connectivity index (χ3v) is 4.23. The Morgan fingerprint density at radius 1 is 1.26 bits per heavy atom. The van der Waals surface area contributed by atoms with E-state index in [1.54, 1.807) is 6.92 Å². The number of aliphatic hydroxyl groups excluding tert-OH is 1. The van der Waals surface area contributed by atoms with E-state index in [9.17, 15) is 5.11 Å². The van der Waals surface area contributed by atoms with E-state index in [-0.39, 0.29) is 5.84 Å². The van der Waals surface area contributed by atoms with E-state index in [2.05, 4.69) is 29.3 Å². The zero-order chi connectivity index (χ0) is 16.4. The van der Waals surface area contributed by atoms with Gasteiger partial charge < -0.3 is 15.3 Å². The van der Waals surface area contributed by atoms with Gasteiger partial charge in [0.25, 0.3) is 0 Å². The van der Waals surface area contributed by atoms with Gasteiger partial charge in [-0.3, -0.25) is 5.41 Å². The number of aromatic nitrogens is 1. The smallest absolute Gasteiger partial charge is 0.140 e. The van der Waals surface area contributed by atoms with Crippen molar-refractivity contribution >= 4 is 22.6 Å². The van der Waals surface area contributed by atoms with Crippen LogP contribution in [0, 0.1) is 12.3 Å². The van der Waals surface area contributed by atoms with Crippen LogP contribution in [-0.4, -0.2) is 35.2 Å². The lowest BCUT2D eigenvalue weighted by molar-refractivity contribution is 0.180. The summed E-state index contributed by atoms with van der Waals surface area (Å²) in [6.07, 6.45) is 2.81. The molecule has 0 radical (unpaired) electrons. The Morgan fingerprint density at radius 2 is 2.00 bits per heavy atom.